The minimum atomic E-state index is -0.482. The summed E-state index contributed by atoms with van der Waals surface area (Å²) in [4.78, 5) is 4.13. The van der Waals surface area contributed by atoms with Crippen LogP contribution in [0.1, 0.15) is 18.9 Å². The SMILES string of the molecule is CCOCCCNc1nccn1-c1cc(F)c(C)cc1F. The highest BCUT2D eigenvalue weighted by Gasteiger charge is 2.12. The molecule has 114 valence electrons. The van der Waals surface area contributed by atoms with Crippen molar-refractivity contribution in [2.75, 3.05) is 25.1 Å². The Hall–Kier alpha value is -1.95. The third-order valence-corrected chi connectivity index (χ3v) is 3.08. The van der Waals surface area contributed by atoms with Crippen molar-refractivity contribution in [1.82, 2.24) is 9.55 Å². The van der Waals surface area contributed by atoms with Gasteiger partial charge in [0.1, 0.15) is 11.6 Å². The van der Waals surface area contributed by atoms with Gasteiger partial charge < -0.3 is 10.1 Å². The smallest absolute Gasteiger partial charge is 0.207 e. The fourth-order valence-electron chi connectivity index (χ4n) is 1.97. The van der Waals surface area contributed by atoms with Gasteiger partial charge in [-0.05, 0) is 31.9 Å². The number of anilines is 1. The number of imidazole rings is 1. The molecular weight excluding hydrogens is 276 g/mol. The van der Waals surface area contributed by atoms with E-state index in [9.17, 15) is 8.78 Å². The first-order valence-corrected chi connectivity index (χ1v) is 6.94. The lowest BCUT2D eigenvalue weighted by Crippen LogP contribution is -2.11. The quantitative estimate of drug-likeness (QED) is 0.797. The van der Waals surface area contributed by atoms with E-state index in [0.29, 0.717) is 25.7 Å². The van der Waals surface area contributed by atoms with Crippen LogP contribution >= 0.6 is 0 Å². The van der Waals surface area contributed by atoms with Gasteiger partial charge in [-0.3, -0.25) is 4.57 Å². The highest BCUT2D eigenvalue weighted by atomic mass is 19.1. The van der Waals surface area contributed by atoms with Crippen molar-refractivity contribution in [1.29, 1.82) is 0 Å². The zero-order chi connectivity index (χ0) is 15.2. The molecular formula is C15H19F2N3O. The Balaban J connectivity index is 2.11. The number of ether oxygens (including phenoxy) is 1. The lowest BCUT2D eigenvalue weighted by molar-refractivity contribution is 0.147. The summed E-state index contributed by atoms with van der Waals surface area (Å²) in [5.74, 6) is -0.444. The topological polar surface area (TPSA) is 39.1 Å². The standard InChI is InChI=1S/C15H19F2N3O/c1-3-21-8-4-5-18-15-19-6-7-20(15)14-10-12(16)11(2)9-13(14)17/h6-7,9-10H,3-5,8H2,1-2H3,(H,18,19). The van der Waals surface area contributed by atoms with E-state index in [0.717, 1.165) is 6.42 Å². The summed E-state index contributed by atoms with van der Waals surface area (Å²) < 4.78 is 34.4. The van der Waals surface area contributed by atoms with Crippen LogP contribution in [0, 0.1) is 18.6 Å². The number of nitrogens with zero attached hydrogens (tertiary/aromatic N) is 2. The van der Waals surface area contributed by atoms with Crippen LogP contribution in [0.15, 0.2) is 24.5 Å². The van der Waals surface area contributed by atoms with Gasteiger partial charge in [0.25, 0.3) is 0 Å². The Labute approximate surface area is 122 Å². The second-order valence-corrected chi connectivity index (χ2v) is 4.65. The molecule has 21 heavy (non-hydrogen) atoms. The monoisotopic (exact) mass is 295 g/mol. The number of aryl methyl sites for hydroxylation is 1. The molecule has 1 heterocycles. The maximum absolute atomic E-state index is 14.0. The van der Waals surface area contributed by atoms with Gasteiger partial charge in [-0.25, -0.2) is 13.8 Å². The van der Waals surface area contributed by atoms with Gasteiger partial charge in [0, 0.05) is 38.2 Å². The van der Waals surface area contributed by atoms with Crippen molar-refractivity contribution in [2.24, 2.45) is 0 Å². The predicted molar refractivity (Wildman–Crippen MR) is 77.8 cm³/mol. The van der Waals surface area contributed by atoms with E-state index in [1.165, 1.54) is 23.6 Å². The highest BCUT2D eigenvalue weighted by molar-refractivity contribution is 5.44. The molecule has 0 atom stereocenters. The molecule has 0 bridgehead atoms. The van der Waals surface area contributed by atoms with E-state index in [1.54, 1.807) is 12.4 Å². The number of nitrogens with one attached hydrogen (secondary N) is 1. The molecule has 4 nitrogen and oxygen atoms in total. The summed E-state index contributed by atoms with van der Waals surface area (Å²) in [6, 6.07) is 2.36. The minimum absolute atomic E-state index is 0.142. The fourth-order valence-corrected chi connectivity index (χ4v) is 1.97. The van der Waals surface area contributed by atoms with Gasteiger partial charge in [-0.2, -0.15) is 0 Å². The largest absolute Gasteiger partial charge is 0.382 e. The second kappa shape index (κ2) is 7.17. The van der Waals surface area contributed by atoms with Crippen LogP contribution in [-0.4, -0.2) is 29.3 Å². The number of rotatable bonds is 7. The molecule has 0 fully saturated rings. The Kier molecular flexibility index (Phi) is 5.27. The average molecular weight is 295 g/mol. The molecule has 0 radical (unpaired) electrons. The molecule has 0 aliphatic heterocycles. The minimum Gasteiger partial charge on any atom is -0.382 e. The summed E-state index contributed by atoms with van der Waals surface area (Å²) in [5, 5.41) is 3.09. The van der Waals surface area contributed by atoms with Crippen molar-refractivity contribution < 1.29 is 13.5 Å². The Morgan fingerprint density at radius 1 is 1.29 bits per heavy atom. The molecule has 1 aromatic heterocycles. The first-order chi connectivity index (χ1) is 10.1. The Morgan fingerprint density at radius 3 is 2.86 bits per heavy atom. The van der Waals surface area contributed by atoms with Crippen molar-refractivity contribution in [3.63, 3.8) is 0 Å². The van der Waals surface area contributed by atoms with Crippen molar-refractivity contribution in [3.05, 3.63) is 41.7 Å². The summed E-state index contributed by atoms with van der Waals surface area (Å²) in [7, 11) is 0. The summed E-state index contributed by atoms with van der Waals surface area (Å²) in [5.41, 5.74) is 0.422. The fraction of sp³-hybridized carbons (Fsp3) is 0.400. The molecule has 0 unspecified atom stereocenters. The van der Waals surface area contributed by atoms with Crippen LogP contribution < -0.4 is 5.32 Å². The first-order valence-electron chi connectivity index (χ1n) is 6.94. The van der Waals surface area contributed by atoms with Crippen LogP contribution in [0.5, 0.6) is 0 Å². The van der Waals surface area contributed by atoms with E-state index in [4.69, 9.17) is 4.74 Å². The third kappa shape index (κ3) is 3.78. The molecule has 0 aliphatic rings. The molecule has 2 aromatic rings. The lowest BCUT2D eigenvalue weighted by Gasteiger charge is -2.11. The Morgan fingerprint density at radius 2 is 2.10 bits per heavy atom. The van der Waals surface area contributed by atoms with Crippen LogP contribution in [0.4, 0.5) is 14.7 Å². The van der Waals surface area contributed by atoms with Crippen molar-refractivity contribution >= 4 is 5.95 Å². The summed E-state index contributed by atoms with van der Waals surface area (Å²) in [6.07, 6.45) is 3.95. The van der Waals surface area contributed by atoms with Gasteiger partial charge in [0.2, 0.25) is 5.95 Å². The van der Waals surface area contributed by atoms with Gasteiger partial charge in [0.05, 0.1) is 5.69 Å². The Bertz CT molecular complexity index is 599. The van der Waals surface area contributed by atoms with Crippen molar-refractivity contribution in [3.8, 4) is 5.69 Å². The number of benzene rings is 1. The van der Waals surface area contributed by atoms with Crippen LogP contribution in [-0.2, 0) is 4.74 Å². The van der Waals surface area contributed by atoms with E-state index < -0.39 is 11.6 Å². The van der Waals surface area contributed by atoms with Crippen LogP contribution in [0.3, 0.4) is 0 Å². The number of hydrogen-bond donors (Lipinski definition) is 1. The highest BCUT2D eigenvalue weighted by Crippen LogP contribution is 2.21. The molecule has 0 aliphatic carbocycles. The number of hydrogen-bond acceptors (Lipinski definition) is 3. The maximum Gasteiger partial charge on any atom is 0.207 e. The zero-order valence-electron chi connectivity index (χ0n) is 12.2. The van der Waals surface area contributed by atoms with Crippen molar-refractivity contribution in [2.45, 2.75) is 20.3 Å². The first kappa shape index (κ1) is 15.4. The average Bonchev–Trinajstić information content (AvgIpc) is 2.91. The molecule has 0 spiro atoms. The van der Waals surface area contributed by atoms with E-state index in [2.05, 4.69) is 10.3 Å². The molecule has 6 heteroatoms. The van der Waals surface area contributed by atoms with E-state index in [1.807, 2.05) is 6.92 Å². The van der Waals surface area contributed by atoms with E-state index in [-0.39, 0.29) is 11.3 Å². The molecule has 1 aromatic carbocycles. The molecule has 0 amide bonds. The normalized spacial score (nSPS) is 10.9. The van der Waals surface area contributed by atoms with Gasteiger partial charge in [-0.1, -0.05) is 0 Å². The predicted octanol–water partition coefficient (Wildman–Crippen LogP) is 3.30. The zero-order valence-corrected chi connectivity index (χ0v) is 12.2. The second-order valence-electron chi connectivity index (χ2n) is 4.65. The molecule has 0 saturated heterocycles. The number of aromatic nitrogens is 2. The van der Waals surface area contributed by atoms with Gasteiger partial charge >= 0.3 is 0 Å². The lowest BCUT2D eigenvalue weighted by atomic mass is 10.2. The summed E-state index contributed by atoms with van der Waals surface area (Å²) >= 11 is 0. The van der Waals surface area contributed by atoms with Crippen LogP contribution in [0.25, 0.3) is 5.69 Å². The molecule has 0 saturated carbocycles. The summed E-state index contributed by atoms with van der Waals surface area (Å²) in [6.45, 7) is 5.45. The van der Waals surface area contributed by atoms with Crippen LogP contribution in [0.2, 0.25) is 0 Å². The maximum atomic E-state index is 14.0. The molecule has 2 rings (SSSR count). The van der Waals surface area contributed by atoms with E-state index >= 15 is 0 Å². The molecule has 1 N–H and O–H groups in total. The van der Waals surface area contributed by atoms with Gasteiger partial charge in [-0.15, -0.1) is 0 Å². The third-order valence-electron chi connectivity index (χ3n) is 3.08. The number of halogens is 2. The van der Waals surface area contributed by atoms with Gasteiger partial charge in [0.15, 0.2) is 0 Å².